The topological polar surface area (TPSA) is 104 Å². The highest BCUT2D eigenvalue weighted by Gasteiger charge is 2.31. The maximum atomic E-state index is 15.0. The lowest BCUT2D eigenvalue weighted by Crippen LogP contribution is -2.49. The Morgan fingerprint density at radius 3 is 2.53 bits per heavy atom. The van der Waals surface area contributed by atoms with E-state index in [0.29, 0.717) is 34.7 Å². The van der Waals surface area contributed by atoms with E-state index in [1.807, 2.05) is 0 Å². The Balaban J connectivity index is 1.36. The molecule has 242 valence electrons. The van der Waals surface area contributed by atoms with Gasteiger partial charge in [-0.1, -0.05) is 35.9 Å². The number of benzene rings is 2. The number of pyridine rings is 1. The number of carbonyl (C=O) groups excluding carboxylic acids is 2. The van der Waals surface area contributed by atoms with Gasteiger partial charge in [0.25, 0.3) is 0 Å². The maximum absolute atomic E-state index is 15.0. The number of ether oxygens (including phenoxy) is 2. The molecular weight excluding hydrogens is 621 g/mol. The lowest BCUT2D eigenvalue weighted by molar-refractivity contribution is -0.158. The average Bonchev–Trinajstić information content (AvgIpc) is 3.00. The van der Waals surface area contributed by atoms with Gasteiger partial charge in [0.2, 0.25) is 0 Å². The first-order valence-electron chi connectivity index (χ1n) is 14.4. The molecule has 1 aromatic heterocycles. The van der Waals surface area contributed by atoms with Crippen molar-refractivity contribution >= 4 is 23.4 Å². The van der Waals surface area contributed by atoms with Crippen LogP contribution in [0.4, 0.5) is 22.0 Å². The van der Waals surface area contributed by atoms with Gasteiger partial charge in [0, 0.05) is 35.7 Å². The van der Waals surface area contributed by atoms with Crippen LogP contribution in [-0.4, -0.2) is 60.9 Å². The van der Waals surface area contributed by atoms with Crippen LogP contribution in [0, 0.1) is 11.6 Å². The summed E-state index contributed by atoms with van der Waals surface area (Å²) in [4.78, 5) is 28.9. The Hall–Kier alpha value is -3.45. The second-order valence-electron chi connectivity index (χ2n) is 10.9. The van der Waals surface area contributed by atoms with Crippen molar-refractivity contribution in [2.24, 2.45) is 5.73 Å². The number of nitrogens with two attached hydrogens (primary N) is 1. The van der Waals surface area contributed by atoms with Gasteiger partial charge >= 0.3 is 12.1 Å². The van der Waals surface area contributed by atoms with Crippen LogP contribution in [-0.2, 0) is 31.9 Å². The normalized spacial score (nSPS) is 18.3. The molecule has 0 radical (unpaired) electrons. The molecule has 2 heterocycles. The summed E-state index contributed by atoms with van der Waals surface area (Å²) in [7, 11) is 0. The number of hydrogen-bond donors (Lipinski definition) is 2. The average molecular weight is 654 g/mol. The van der Waals surface area contributed by atoms with E-state index < -0.39 is 60.4 Å². The minimum absolute atomic E-state index is 0.135. The largest absolute Gasteiger partial charge is 0.464 e. The summed E-state index contributed by atoms with van der Waals surface area (Å²) in [5.41, 5.74) is 8.05. The molecule has 0 saturated carbocycles. The molecule has 0 bridgehead atoms. The van der Waals surface area contributed by atoms with Crippen LogP contribution in [0.15, 0.2) is 60.9 Å². The lowest BCUT2D eigenvalue weighted by Gasteiger charge is -2.30. The maximum Gasteiger partial charge on any atom is 0.389 e. The Kier molecular flexibility index (Phi) is 12.0. The molecule has 7 nitrogen and oxygen atoms in total. The minimum atomic E-state index is -4.44. The van der Waals surface area contributed by atoms with Crippen LogP contribution in [0.1, 0.15) is 47.4 Å². The zero-order valence-corrected chi connectivity index (χ0v) is 24.9. The summed E-state index contributed by atoms with van der Waals surface area (Å²) < 4.78 is 77.4. The first-order valence-corrected chi connectivity index (χ1v) is 14.8. The van der Waals surface area contributed by atoms with Crippen molar-refractivity contribution in [1.29, 1.82) is 0 Å². The molecule has 3 N–H and O–H groups in total. The van der Waals surface area contributed by atoms with Gasteiger partial charge in [-0.15, -0.1) is 0 Å². The second kappa shape index (κ2) is 15.7. The van der Waals surface area contributed by atoms with Crippen LogP contribution in [0.2, 0.25) is 5.02 Å². The quantitative estimate of drug-likeness (QED) is 0.187. The number of rotatable bonds is 13. The third kappa shape index (κ3) is 10.0. The number of nitrogens with zero attached hydrogens (tertiary/aromatic N) is 1. The highest BCUT2D eigenvalue weighted by molar-refractivity contribution is 6.30. The Morgan fingerprint density at radius 2 is 1.87 bits per heavy atom. The smallest absolute Gasteiger partial charge is 0.389 e. The number of carbonyl (C=O) groups is 2. The van der Waals surface area contributed by atoms with Crippen molar-refractivity contribution < 1.29 is 41.0 Å². The molecule has 1 aliphatic heterocycles. The molecule has 45 heavy (non-hydrogen) atoms. The van der Waals surface area contributed by atoms with Crippen LogP contribution < -0.4 is 11.1 Å². The first-order chi connectivity index (χ1) is 21.4. The minimum Gasteiger partial charge on any atom is -0.464 e. The molecule has 3 aromatic rings. The monoisotopic (exact) mass is 653 g/mol. The third-order valence-corrected chi connectivity index (χ3v) is 7.87. The molecule has 0 aliphatic carbocycles. The molecule has 0 amide bonds. The summed E-state index contributed by atoms with van der Waals surface area (Å²) in [5.74, 6) is -3.30. The van der Waals surface area contributed by atoms with E-state index in [4.69, 9.17) is 26.8 Å². The molecule has 2 aromatic carbocycles. The number of morpholine rings is 1. The molecule has 13 heteroatoms. The highest BCUT2D eigenvalue weighted by atomic mass is 35.5. The molecule has 0 unspecified atom stereocenters. The Bertz CT molecular complexity index is 1450. The van der Waals surface area contributed by atoms with E-state index >= 15 is 4.39 Å². The van der Waals surface area contributed by atoms with Gasteiger partial charge in [-0.25, -0.2) is 8.78 Å². The van der Waals surface area contributed by atoms with Crippen LogP contribution >= 0.6 is 11.6 Å². The van der Waals surface area contributed by atoms with E-state index in [-0.39, 0.29) is 37.7 Å². The number of aromatic nitrogens is 1. The van der Waals surface area contributed by atoms with Gasteiger partial charge in [0.15, 0.2) is 5.78 Å². The highest BCUT2D eigenvalue weighted by Crippen LogP contribution is 2.31. The first kappa shape index (κ1) is 34.4. The summed E-state index contributed by atoms with van der Waals surface area (Å²) >= 11 is 6.04. The molecule has 1 aliphatic rings. The number of esters is 1. The fourth-order valence-electron chi connectivity index (χ4n) is 5.20. The van der Waals surface area contributed by atoms with Gasteiger partial charge in [0.05, 0.1) is 43.8 Å². The van der Waals surface area contributed by atoms with Crippen molar-refractivity contribution in [3.8, 4) is 0 Å². The molecule has 1 saturated heterocycles. The summed E-state index contributed by atoms with van der Waals surface area (Å²) in [5, 5.41) is 3.59. The number of alkyl halides is 3. The third-order valence-electron chi connectivity index (χ3n) is 7.62. The predicted molar refractivity (Wildman–Crippen MR) is 157 cm³/mol. The number of nitrogens with one attached hydrogen (secondary N) is 1. The van der Waals surface area contributed by atoms with Gasteiger partial charge in [-0.2, -0.15) is 13.2 Å². The number of ketones is 1. The van der Waals surface area contributed by atoms with Crippen LogP contribution in [0.3, 0.4) is 0 Å². The van der Waals surface area contributed by atoms with Crippen molar-refractivity contribution in [2.75, 3.05) is 19.8 Å². The van der Waals surface area contributed by atoms with E-state index in [2.05, 4.69) is 10.3 Å². The van der Waals surface area contributed by atoms with Crippen LogP contribution in [0.5, 0.6) is 0 Å². The Labute approximate surface area is 262 Å². The van der Waals surface area contributed by atoms with Gasteiger partial charge in [0.1, 0.15) is 18.2 Å². The van der Waals surface area contributed by atoms with Gasteiger partial charge in [-0.05, 0) is 53.8 Å². The van der Waals surface area contributed by atoms with E-state index in [0.717, 1.165) is 6.20 Å². The SMILES string of the molecule is N[C@H](C(=O)Cc1cccc(F)c1CC[C@@H]1CN[C@H](COC(=O)CCC(F)(F)F)CO1)[C@@H](c1ccc(Cl)cc1)c1ccncc1F. The van der Waals surface area contributed by atoms with E-state index in [9.17, 15) is 27.2 Å². The number of halogens is 6. The van der Waals surface area contributed by atoms with E-state index in [1.54, 1.807) is 30.3 Å². The fourth-order valence-corrected chi connectivity index (χ4v) is 5.33. The zero-order chi connectivity index (χ0) is 32.6. The molecule has 4 rings (SSSR count). The van der Waals surface area contributed by atoms with Gasteiger partial charge < -0.3 is 20.5 Å². The predicted octanol–water partition coefficient (Wildman–Crippen LogP) is 5.46. The number of Topliss-reactive ketones (excluding diaryl/α,β-unsaturated/α-hetero) is 1. The Morgan fingerprint density at radius 1 is 1.11 bits per heavy atom. The lowest BCUT2D eigenvalue weighted by atomic mass is 9.82. The van der Waals surface area contributed by atoms with Gasteiger partial charge in [-0.3, -0.25) is 14.6 Å². The molecule has 1 fully saturated rings. The van der Waals surface area contributed by atoms with Crippen molar-refractivity contribution in [1.82, 2.24) is 10.3 Å². The molecular formula is C32H33ClF5N3O4. The zero-order valence-electron chi connectivity index (χ0n) is 24.2. The summed E-state index contributed by atoms with van der Waals surface area (Å²) in [6.45, 7) is 0.356. The van der Waals surface area contributed by atoms with E-state index in [1.165, 1.54) is 24.4 Å². The summed E-state index contributed by atoms with van der Waals surface area (Å²) in [6.07, 6.45) is -3.83. The van der Waals surface area contributed by atoms with Crippen molar-refractivity contribution in [2.45, 2.75) is 62.4 Å². The van der Waals surface area contributed by atoms with Crippen LogP contribution in [0.25, 0.3) is 0 Å². The summed E-state index contributed by atoms with van der Waals surface area (Å²) in [6, 6.07) is 11.0. The fraction of sp³-hybridized carbons (Fsp3) is 0.406. The van der Waals surface area contributed by atoms with Crippen molar-refractivity contribution in [3.05, 3.63) is 99.8 Å². The molecule has 0 spiro atoms. The number of hydrogen-bond acceptors (Lipinski definition) is 7. The molecule has 4 atom stereocenters. The standard InChI is InChI=1S/C32H33ClF5N3O4/c33-21-6-4-19(5-7-21)30(25-11-13-40-16-27(25)35)31(39)28(42)14-20-2-1-3-26(34)24(20)9-8-23-15-41-22(17-44-23)18-45-29(43)10-12-32(36,37)38/h1-7,11,13,16,22-23,30-31,41H,8-10,12,14-15,17-18,39H2/t22-,23+,30-,31+/m0/s1. The second-order valence-corrected chi connectivity index (χ2v) is 11.3. The van der Waals surface area contributed by atoms with Crippen molar-refractivity contribution in [3.63, 3.8) is 0 Å².